The van der Waals surface area contributed by atoms with Gasteiger partial charge in [0, 0.05) is 6.42 Å². The molecular formula is C13H21NO3. The Morgan fingerprint density at radius 1 is 1.47 bits per heavy atom. The first-order valence-corrected chi connectivity index (χ1v) is 6.15. The van der Waals surface area contributed by atoms with E-state index in [1.54, 1.807) is 4.90 Å². The smallest absolute Gasteiger partial charge is 0.225 e. The maximum Gasteiger partial charge on any atom is 0.225 e. The number of allylic oxidation sites excluding steroid dienone is 1. The van der Waals surface area contributed by atoms with E-state index in [-0.39, 0.29) is 24.3 Å². The molecule has 4 heteroatoms. The number of hydrogen-bond donors (Lipinski definition) is 0. The monoisotopic (exact) mass is 239 g/mol. The number of fused-ring (bicyclic) bond motifs is 1. The Labute approximate surface area is 103 Å². The van der Waals surface area contributed by atoms with Gasteiger partial charge in [0.1, 0.15) is 13.5 Å². The third-order valence-corrected chi connectivity index (χ3v) is 3.18. The van der Waals surface area contributed by atoms with Gasteiger partial charge in [-0.3, -0.25) is 4.79 Å². The fourth-order valence-corrected chi connectivity index (χ4v) is 2.27. The number of likely N-dealkylation sites (tertiary alicyclic amines) is 1. The van der Waals surface area contributed by atoms with Crippen molar-refractivity contribution in [3.8, 4) is 0 Å². The van der Waals surface area contributed by atoms with Crippen LogP contribution in [0.2, 0.25) is 0 Å². The Balaban J connectivity index is 1.75. The largest absolute Gasteiger partial charge is 0.350 e. The highest BCUT2D eigenvalue weighted by molar-refractivity contribution is 5.80. The van der Waals surface area contributed by atoms with Crippen LogP contribution in [-0.2, 0) is 14.3 Å². The second-order valence-electron chi connectivity index (χ2n) is 5.69. The summed E-state index contributed by atoms with van der Waals surface area (Å²) < 4.78 is 10.9. The van der Waals surface area contributed by atoms with Crippen LogP contribution in [0.15, 0.2) is 12.2 Å². The topological polar surface area (TPSA) is 38.8 Å². The van der Waals surface area contributed by atoms with Crippen LogP contribution in [0.3, 0.4) is 0 Å². The van der Waals surface area contributed by atoms with Crippen LogP contribution < -0.4 is 0 Å². The number of hydrogen-bond acceptors (Lipinski definition) is 3. The Hall–Kier alpha value is -0.870. The average molecular weight is 239 g/mol. The SMILES string of the molecule is CC(C)(C)OCOCN1C(=O)CC2CC=CC21. The Morgan fingerprint density at radius 3 is 2.94 bits per heavy atom. The lowest BCUT2D eigenvalue weighted by Gasteiger charge is -2.24. The normalized spacial score (nSPS) is 27.9. The molecule has 2 unspecified atom stereocenters. The lowest BCUT2D eigenvalue weighted by atomic mass is 10.0. The standard InChI is InChI=1S/C13H21NO3/c1-13(2,3)17-9-16-8-14-11-6-4-5-10(11)7-12(14)15/h4,6,10-11H,5,7-9H2,1-3H3. The van der Waals surface area contributed by atoms with Crippen LogP contribution in [-0.4, -0.2) is 36.0 Å². The fraction of sp³-hybridized carbons (Fsp3) is 0.769. The van der Waals surface area contributed by atoms with Crippen molar-refractivity contribution in [3.63, 3.8) is 0 Å². The van der Waals surface area contributed by atoms with E-state index in [0.717, 1.165) is 6.42 Å². The van der Waals surface area contributed by atoms with Crippen molar-refractivity contribution >= 4 is 5.91 Å². The predicted molar refractivity (Wildman–Crippen MR) is 64.2 cm³/mol. The molecule has 0 aromatic carbocycles. The number of ether oxygens (including phenoxy) is 2. The molecule has 0 N–H and O–H groups in total. The first-order valence-electron chi connectivity index (χ1n) is 6.15. The average Bonchev–Trinajstić information content (AvgIpc) is 2.73. The highest BCUT2D eigenvalue weighted by Gasteiger charge is 2.39. The van der Waals surface area contributed by atoms with E-state index in [0.29, 0.717) is 19.1 Å². The summed E-state index contributed by atoms with van der Waals surface area (Å²) in [4.78, 5) is 13.6. The molecule has 1 aliphatic carbocycles. The molecule has 96 valence electrons. The molecule has 1 aliphatic heterocycles. The minimum absolute atomic E-state index is 0.195. The molecule has 1 amide bonds. The molecule has 0 radical (unpaired) electrons. The van der Waals surface area contributed by atoms with Gasteiger partial charge in [-0.15, -0.1) is 0 Å². The van der Waals surface area contributed by atoms with E-state index in [2.05, 4.69) is 12.2 Å². The molecule has 1 fully saturated rings. The summed E-state index contributed by atoms with van der Waals surface area (Å²) in [5.41, 5.74) is -0.204. The summed E-state index contributed by atoms with van der Waals surface area (Å²) in [7, 11) is 0. The van der Waals surface area contributed by atoms with Crippen LogP contribution >= 0.6 is 0 Å². The lowest BCUT2D eigenvalue weighted by Crippen LogP contribution is -2.35. The molecule has 0 aromatic rings. The zero-order valence-corrected chi connectivity index (χ0v) is 10.8. The summed E-state index contributed by atoms with van der Waals surface area (Å²) in [6, 6.07) is 0.247. The van der Waals surface area contributed by atoms with Gasteiger partial charge in [0.05, 0.1) is 11.6 Å². The first kappa shape index (κ1) is 12.6. The highest BCUT2D eigenvalue weighted by atomic mass is 16.7. The van der Waals surface area contributed by atoms with Gasteiger partial charge in [0.15, 0.2) is 0 Å². The van der Waals surface area contributed by atoms with Gasteiger partial charge in [-0.25, -0.2) is 0 Å². The molecule has 2 rings (SSSR count). The molecule has 17 heavy (non-hydrogen) atoms. The van der Waals surface area contributed by atoms with E-state index >= 15 is 0 Å². The fourth-order valence-electron chi connectivity index (χ4n) is 2.27. The van der Waals surface area contributed by atoms with Crippen LogP contribution in [0.4, 0.5) is 0 Å². The van der Waals surface area contributed by atoms with Crippen LogP contribution in [0.1, 0.15) is 33.6 Å². The summed E-state index contributed by atoms with van der Waals surface area (Å²) in [6.07, 6.45) is 5.94. The van der Waals surface area contributed by atoms with Crippen molar-refractivity contribution in [3.05, 3.63) is 12.2 Å². The second kappa shape index (κ2) is 4.78. The summed E-state index contributed by atoms with van der Waals surface area (Å²) in [5.74, 6) is 0.662. The molecule has 0 bridgehead atoms. The molecule has 2 atom stereocenters. The Morgan fingerprint density at radius 2 is 2.24 bits per heavy atom. The molecule has 0 spiro atoms. The summed E-state index contributed by atoms with van der Waals surface area (Å²) in [5, 5.41) is 0. The molecule has 2 aliphatic rings. The number of carbonyl (C=O) groups excluding carboxylic acids is 1. The zero-order chi connectivity index (χ0) is 12.5. The lowest BCUT2D eigenvalue weighted by molar-refractivity contribution is -0.154. The van der Waals surface area contributed by atoms with Crippen molar-refractivity contribution in [1.29, 1.82) is 0 Å². The minimum Gasteiger partial charge on any atom is -0.350 e. The quantitative estimate of drug-likeness (QED) is 0.427. The van der Waals surface area contributed by atoms with Crippen molar-refractivity contribution in [2.75, 3.05) is 13.5 Å². The van der Waals surface area contributed by atoms with Crippen LogP contribution in [0.5, 0.6) is 0 Å². The summed E-state index contributed by atoms with van der Waals surface area (Å²) in [6.45, 7) is 6.50. The van der Waals surface area contributed by atoms with E-state index < -0.39 is 0 Å². The molecule has 4 nitrogen and oxygen atoms in total. The zero-order valence-electron chi connectivity index (χ0n) is 10.8. The number of carbonyl (C=O) groups is 1. The minimum atomic E-state index is -0.204. The number of nitrogens with zero attached hydrogens (tertiary/aromatic N) is 1. The van der Waals surface area contributed by atoms with E-state index in [1.165, 1.54) is 0 Å². The van der Waals surface area contributed by atoms with Crippen molar-refractivity contribution in [2.45, 2.75) is 45.3 Å². The predicted octanol–water partition coefficient (Wildman–Crippen LogP) is 1.91. The molecule has 0 aromatic heterocycles. The van der Waals surface area contributed by atoms with E-state index in [9.17, 15) is 4.79 Å². The summed E-state index contributed by atoms with van der Waals surface area (Å²) >= 11 is 0. The Bertz CT molecular complexity index is 319. The van der Waals surface area contributed by atoms with E-state index in [1.807, 2.05) is 20.8 Å². The second-order valence-corrected chi connectivity index (χ2v) is 5.69. The molecular weight excluding hydrogens is 218 g/mol. The van der Waals surface area contributed by atoms with Crippen molar-refractivity contribution in [2.24, 2.45) is 5.92 Å². The van der Waals surface area contributed by atoms with Gasteiger partial charge in [-0.2, -0.15) is 0 Å². The number of amides is 1. The van der Waals surface area contributed by atoms with Crippen molar-refractivity contribution < 1.29 is 14.3 Å². The molecule has 0 saturated carbocycles. The first-order chi connectivity index (χ1) is 7.97. The molecule has 1 saturated heterocycles. The third-order valence-electron chi connectivity index (χ3n) is 3.18. The maximum absolute atomic E-state index is 11.8. The van der Waals surface area contributed by atoms with Crippen LogP contribution in [0, 0.1) is 5.92 Å². The van der Waals surface area contributed by atoms with Gasteiger partial charge < -0.3 is 14.4 Å². The maximum atomic E-state index is 11.8. The van der Waals surface area contributed by atoms with Gasteiger partial charge >= 0.3 is 0 Å². The van der Waals surface area contributed by atoms with Gasteiger partial charge in [0.2, 0.25) is 5.91 Å². The number of rotatable bonds is 4. The molecule has 1 heterocycles. The van der Waals surface area contributed by atoms with Gasteiger partial charge in [0.25, 0.3) is 0 Å². The van der Waals surface area contributed by atoms with Gasteiger partial charge in [-0.05, 0) is 33.1 Å². The highest BCUT2D eigenvalue weighted by Crippen LogP contribution is 2.33. The van der Waals surface area contributed by atoms with E-state index in [4.69, 9.17) is 9.47 Å². The van der Waals surface area contributed by atoms with Crippen molar-refractivity contribution in [1.82, 2.24) is 4.90 Å². The van der Waals surface area contributed by atoms with Crippen LogP contribution in [0.25, 0.3) is 0 Å². The van der Waals surface area contributed by atoms with Gasteiger partial charge in [-0.1, -0.05) is 12.2 Å². The third kappa shape index (κ3) is 3.07. The Kier molecular flexibility index (Phi) is 3.54.